The quantitative estimate of drug-likeness (QED) is 0.468. The first-order chi connectivity index (χ1) is 17.3. The van der Waals surface area contributed by atoms with E-state index in [2.05, 4.69) is 14.7 Å². The molecule has 1 fully saturated rings. The average Bonchev–Trinajstić information content (AvgIpc) is 2.85. The van der Waals surface area contributed by atoms with E-state index in [-0.39, 0.29) is 40.2 Å². The van der Waals surface area contributed by atoms with Crippen molar-refractivity contribution in [3.63, 3.8) is 0 Å². The second kappa shape index (κ2) is 10.1. The number of aromatic nitrogens is 2. The third kappa shape index (κ3) is 5.88. The van der Waals surface area contributed by atoms with Crippen LogP contribution in [-0.2, 0) is 16.2 Å². The Bertz CT molecular complexity index is 1440. The van der Waals surface area contributed by atoms with Crippen LogP contribution in [0, 0.1) is 6.92 Å². The van der Waals surface area contributed by atoms with Crippen LogP contribution < -0.4 is 9.62 Å². The fraction of sp³-hybridized carbons (Fsp3) is 0.261. The Morgan fingerprint density at radius 1 is 1.05 bits per heavy atom. The Morgan fingerprint density at radius 2 is 1.76 bits per heavy atom. The lowest BCUT2D eigenvalue weighted by molar-refractivity contribution is -0.137. The summed E-state index contributed by atoms with van der Waals surface area (Å²) >= 11 is 6.22. The van der Waals surface area contributed by atoms with Crippen molar-refractivity contribution in [2.24, 2.45) is 0 Å². The summed E-state index contributed by atoms with van der Waals surface area (Å²) in [4.78, 5) is 22.5. The highest BCUT2D eigenvalue weighted by Gasteiger charge is 2.31. The van der Waals surface area contributed by atoms with Crippen LogP contribution in [0.5, 0.6) is 0 Å². The molecule has 14 heteroatoms. The fourth-order valence-electron chi connectivity index (χ4n) is 3.79. The number of pyridine rings is 2. The monoisotopic (exact) mass is 555 g/mol. The van der Waals surface area contributed by atoms with Gasteiger partial charge in [0, 0.05) is 31.7 Å². The molecule has 9 nitrogen and oxygen atoms in total. The SMILES string of the molecule is Cc1ccc(C(F)(F)F)cc1-c1nc(NS(=O)(=O)c2cccc(N3CCN(C(=O)O)CC3)n2)ccc1Cl. The minimum Gasteiger partial charge on any atom is -0.465 e. The summed E-state index contributed by atoms with van der Waals surface area (Å²) in [7, 11) is -4.23. The number of amides is 1. The van der Waals surface area contributed by atoms with Crippen molar-refractivity contribution in [1.29, 1.82) is 0 Å². The van der Waals surface area contributed by atoms with Gasteiger partial charge in [-0.15, -0.1) is 0 Å². The average molecular weight is 556 g/mol. The molecule has 196 valence electrons. The van der Waals surface area contributed by atoms with E-state index in [1.807, 2.05) is 0 Å². The lowest BCUT2D eigenvalue weighted by Gasteiger charge is -2.33. The zero-order chi connectivity index (χ0) is 27.0. The van der Waals surface area contributed by atoms with Crippen molar-refractivity contribution < 1.29 is 31.5 Å². The molecule has 1 aliphatic rings. The van der Waals surface area contributed by atoms with E-state index >= 15 is 0 Å². The molecule has 2 aromatic heterocycles. The molecular weight excluding hydrogens is 535 g/mol. The van der Waals surface area contributed by atoms with Crippen molar-refractivity contribution >= 4 is 39.4 Å². The largest absolute Gasteiger partial charge is 0.465 e. The van der Waals surface area contributed by atoms with Gasteiger partial charge in [-0.3, -0.25) is 4.72 Å². The number of nitrogens with one attached hydrogen (secondary N) is 1. The van der Waals surface area contributed by atoms with Gasteiger partial charge in [0.15, 0.2) is 5.03 Å². The first-order valence-electron chi connectivity index (χ1n) is 10.9. The van der Waals surface area contributed by atoms with Crippen LogP contribution in [0.2, 0.25) is 5.02 Å². The van der Waals surface area contributed by atoms with Crippen LogP contribution in [0.1, 0.15) is 11.1 Å². The molecule has 4 rings (SSSR count). The second-order valence-electron chi connectivity index (χ2n) is 8.25. The maximum absolute atomic E-state index is 13.2. The molecule has 0 unspecified atom stereocenters. The van der Waals surface area contributed by atoms with Gasteiger partial charge in [-0.05, 0) is 48.9 Å². The van der Waals surface area contributed by atoms with Crippen molar-refractivity contribution in [2.75, 3.05) is 35.8 Å². The van der Waals surface area contributed by atoms with Crippen molar-refractivity contribution in [3.05, 3.63) is 64.7 Å². The van der Waals surface area contributed by atoms with Crippen molar-refractivity contribution in [3.8, 4) is 11.3 Å². The van der Waals surface area contributed by atoms with Crippen LogP contribution in [-0.4, -0.2) is 60.7 Å². The Kier molecular flexibility index (Phi) is 7.20. The minimum atomic E-state index is -4.58. The zero-order valence-electron chi connectivity index (χ0n) is 19.3. The molecule has 0 spiro atoms. The molecule has 1 aliphatic heterocycles. The lowest BCUT2D eigenvalue weighted by atomic mass is 10.0. The highest BCUT2D eigenvalue weighted by molar-refractivity contribution is 7.92. The number of halogens is 4. The molecule has 0 aliphatic carbocycles. The molecule has 1 amide bonds. The molecule has 0 saturated carbocycles. The van der Waals surface area contributed by atoms with Crippen LogP contribution in [0.15, 0.2) is 53.6 Å². The first-order valence-corrected chi connectivity index (χ1v) is 12.8. The topological polar surface area (TPSA) is 116 Å². The van der Waals surface area contributed by atoms with Crippen LogP contribution >= 0.6 is 11.6 Å². The third-order valence-electron chi connectivity index (χ3n) is 5.76. The normalized spacial score (nSPS) is 14.5. The minimum absolute atomic E-state index is 0.0107. The van der Waals surface area contributed by atoms with Crippen molar-refractivity contribution in [2.45, 2.75) is 18.1 Å². The van der Waals surface area contributed by atoms with E-state index in [4.69, 9.17) is 16.7 Å². The summed E-state index contributed by atoms with van der Waals surface area (Å²) in [6, 6.07) is 10.2. The molecular formula is C23H21ClF3N5O4S. The molecule has 3 heterocycles. The maximum atomic E-state index is 13.2. The Balaban J connectivity index is 1.60. The van der Waals surface area contributed by atoms with Gasteiger partial charge in [0.05, 0.1) is 16.3 Å². The molecule has 3 aromatic rings. The Labute approximate surface area is 215 Å². The summed E-state index contributed by atoms with van der Waals surface area (Å²) in [5, 5.41) is 8.84. The number of aryl methyl sites for hydroxylation is 1. The van der Waals surface area contributed by atoms with E-state index < -0.39 is 27.9 Å². The third-order valence-corrected chi connectivity index (χ3v) is 7.32. The maximum Gasteiger partial charge on any atom is 0.416 e. The fourth-order valence-corrected chi connectivity index (χ4v) is 4.96. The van der Waals surface area contributed by atoms with Gasteiger partial charge in [0.2, 0.25) is 0 Å². The van der Waals surface area contributed by atoms with Gasteiger partial charge >= 0.3 is 12.3 Å². The van der Waals surface area contributed by atoms with Gasteiger partial charge in [-0.25, -0.2) is 14.8 Å². The summed E-state index contributed by atoms with van der Waals surface area (Å²) in [6.45, 7) is 2.77. The van der Waals surface area contributed by atoms with Crippen molar-refractivity contribution in [1.82, 2.24) is 14.9 Å². The molecule has 0 bridgehead atoms. The summed E-state index contributed by atoms with van der Waals surface area (Å²) < 4.78 is 68.2. The lowest BCUT2D eigenvalue weighted by Crippen LogP contribution is -2.48. The van der Waals surface area contributed by atoms with E-state index in [1.165, 1.54) is 35.2 Å². The first kappa shape index (κ1) is 26.5. The summed E-state index contributed by atoms with van der Waals surface area (Å²) in [5.41, 5.74) is -0.313. The molecule has 0 radical (unpaired) electrons. The van der Waals surface area contributed by atoms with E-state index in [1.54, 1.807) is 17.9 Å². The summed E-state index contributed by atoms with van der Waals surface area (Å²) in [5.74, 6) is 0.204. The number of hydrogen-bond donors (Lipinski definition) is 2. The zero-order valence-corrected chi connectivity index (χ0v) is 20.9. The molecule has 1 aromatic carbocycles. The number of rotatable bonds is 5. The number of piperazine rings is 1. The van der Waals surface area contributed by atoms with Gasteiger partial charge in [0.1, 0.15) is 11.6 Å². The van der Waals surface area contributed by atoms with Gasteiger partial charge < -0.3 is 14.9 Å². The predicted octanol–water partition coefficient (Wildman–Crippen LogP) is 4.73. The van der Waals surface area contributed by atoms with Gasteiger partial charge in [0.25, 0.3) is 10.0 Å². The molecule has 37 heavy (non-hydrogen) atoms. The Hall–Kier alpha value is -3.58. The Morgan fingerprint density at radius 3 is 2.41 bits per heavy atom. The van der Waals surface area contributed by atoms with Gasteiger partial charge in [-0.1, -0.05) is 23.7 Å². The predicted molar refractivity (Wildman–Crippen MR) is 131 cm³/mol. The number of hydrogen-bond acceptors (Lipinski definition) is 6. The number of alkyl halides is 3. The van der Waals surface area contributed by atoms with Crippen LogP contribution in [0.25, 0.3) is 11.3 Å². The van der Waals surface area contributed by atoms with Crippen LogP contribution in [0.3, 0.4) is 0 Å². The number of carbonyl (C=O) groups is 1. The highest BCUT2D eigenvalue weighted by Crippen LogP contribution is 2.36. The van der Waals surface area contributed by atoms with Gasteiger partial charge in [-0.2, -0.15) is 21.6 Å². The standard InChI is InChI=1S/C23H21ClF3N5O4S/c1-14-5-6-15(23(25,26)27)13-16(14)21-17(24)7-8-18(28-21)30-37(35,36)20-4-2-3-19(29-20)31-9-11-32(12-10-31)22(33)34/h2-8,13H,9-12H2,1H3,(H,28,30)(H,33,34). The molecule has 2 N–H and O–H groups in total. The number of benzene rings is 1. The van der Waals surface area contributed by atoms with E-state index in [0.717, 1.165) is 12.1 Å². The van der Waals surface area contributed by atoms with Crippen LogP contribution in [0.4, 0.5) is 29.6 Å². The summed E-state index contributed by atoms with van der Waals surface area (Å²) in [6.07, 6.45) is -5.60. The smallest absolute Gasteiger partial charge is 0.416 e. The molecule has 1 saturated heterocycles. The molecule has 0 atom stereocenters. The van der Waals surface area contributed by atoms with E-state index in [0.29, 0.717) is 24.5 Å². The number of carboxylic acid groups (broad SMARTS) is 1. The number of nitrogens with zero attached hydrogens (tertiary/aromatic N) is 4. The highest BCUT2D eigenvalue weighted by atomic mass is 35.5. The number of sulfonamides is 1. The number of anilines is 2. The van der Waals surface area contributed by atoms with E-state index in [9.17, 15) is 26.4 Å². The second-order valence-corrected chi connectivity index (χ2v) is 10.3.